The molecule has 5 heteroatoms. The Morgan fingerprint density at radius 3 is 2.74 bits per heavy atom. The molecule has 1 fully saturated rings. The fourth-order valence-corrected chi connectivity index (χ4v) is 2.74. The van der Waals surface area contributed by atoms with E-state index in [4.69, 9.17) is 15.0 Å². The second kappa shape index (κ2) is 6.01. The molecule has 0 radical (unpaired) electrons. The molecule has 0 aromatic carbocycles. The van der Waals surface area contributed by atoms with E-state index in [9.17, 15) is 0 Å². The quantitative estimate of drug-likeness (QED) is 0.886. The standard InChI is InChI=1S/C14H25N3O2/c1-4-18-14(7-5-10(2)6-8-14)13-16-12(19-17-13)9-11(3)15/h10-11H,4-9,15H2,1-3H3. The van der Waals surface area contributed by atoms with Gasteiger partial charge in [0.15, 0.2) is 0 Å². The molecule has 1 aromatic rings. The number of nitrogens with zero attached hydrogens (tertiary/aromatic N) is 2. The average Bonchev–Trinajstić information content (AvgIpc) is 2.81. The van der Waals surface area contributed by atoms with Crippen LogP contribution in [-0.2, 0) is 16.8 Å². The molecule has 1 atom stereocenters. The first-order chi connectivity index (χ1) is 9.05. The summed E-state index contributed by atoms with van der Waals surface area (Å²) in [5, 5.41) is 4.14. The van der Waals surface area contributed by atoms with Gasteiger partial charge in [0.05, 0.1) is 0 Å². The highest BCUT2D eigenvalue weighted by Crippen LogP contribution is 2.41. The number of aromatic nitrogens is 2. The van der Waals surface area contributed by atoms with E-state index in [1.54, 1.807) is 0 Å². The number of nitrogens with two attached hydrogens (primary N) is 1. The maximum absolute atomic E-state index is 6.01. The van der Waals surface area contributed by atoms with Gasteiger partial charge in [-0.25, -0.2) is 0 Å². The van der Waals surface area contributed by atoms with E-state index < -0.39 is 0 Å². The monoisotopic (exact) mass is 267 g/mol. The second-order valence-corrected chi connectivity index (χ2v) is 5.80. The minimum absolute atomic E-state index is 0.0303. The van der Waals surface area contributed by atoms with Gasteiger partial charge in [0.2, 0.25) is 11.7 Å². The molecule has 0 spiro atoms. The Bertz CT molecular complexity index is 395. The average molecular weight is 267 g/mol. The molecule has 0 aliphatic heterocycles. The lowest BCUT2D eigenvalue weighted by atomic mass is 9.79. The molecule has 1 saturated carbocycles. The van der Waals surface area contributed by atoms with E-state index in [1.807, 2.05) is 13.8 Å². The molecule has 19 heavy (non-hydrogen) atoms. The summed E-state index contributed by atoms with van der Waals surface area (Å²) in [5.41, 5.74) is 5.42. The fraction of sp³-hybridized carbons (Fsp3) is 0.857. The molecule has 0 bridgehead atoms. The highest BCUT2D eigenvalue weighted by molar-refractivity contribution is 5.04. The zero-order valence-corrected chi connectivity index (χ0v) is 12.2. The van der Waals surface area contributed by atoms with Crippen molar-refractivity contribution in [1.82, 2.24) is 10.1 Å². The molecular weight excluding hydrogens is 242 g/mol. The number of hydrogen-bond acceptors (Lipinski definition) is 5. The van der Waals surface area contributed by atoms with Gasteiger partial charge in [0.1, 0.15) is 5.60 Å². The molecule has 1 aromatic heterocycles. The molecule has 108 valence electrons. The van der Waals surface area contributed by atoms with Crippen molar-refractivity contribution < 1.29 is 9.26 Å². The third-order valence-electron chi connectivity index (χ3n) is 3.87. The van der Waals surface area contributed by atoms with Gasteiger partial charge in [0, 0.05) is 19.1 Å². The molecule has 5 nitrogen and oxygen atoms in total. The van der Waals surface area contributed by atoms with Crippen LogP contribution in [0, 0.1) is 5.92 Å². The van der Waals surface area contributed by atoms with Gasteiger partial charge in [-0.2, -0.15) is 4.98 Å². The minimum atomic E-state index is -0.346. The van der Waals surface area contributed by atoms with Crippen LogP contribution in [0.5, 0.6) is 0 Å². The maximum Gasteiger partial charge on any atom is 0.228 e. The van der Waals surface area contributed by atoms with Crippen LogP contribution < -0.4 is 5.73 Å². The van der Waals surface area contributed by atoms with E-state index in [2.05, 4.69) is 17.1 Å². The van der Waals surface area contributed by atoms with Gasteiger partial charge in [-0.05, 0) is 45.4 Å². The molecule has 2 N–H and O–H groups in total. The summed E-state index contributed by atoms with van der Waals surface area (Å²) in [6, 6.07) is 0.0303. The Hall–Kier alpha value is -0.940. The van der Waals surface area contributed by atoms with Gasteiger partial charge in [-0.3, -0.25) is 0 Å². The third kappa shape index (κ3) is 3.34. The summed E-state index contributed by atoms with van der Waals surface area (Å²) in [7, 11) is 0. The molecule has 1 unspecified atom stereocenters. The summed E-state index contributed by atoms with van der Waals surface area (Å²) >= 11 is 0. The van der Waals surface area contributed by atoms with Gasteiger partial charge in [-0.1, -0.05) is 12.1 Å². The van der Waals surface area contributed by atoms with E-state index >= 15 is 0 Å². The van der Waals surface area contributed by atoms with E-state index in [0.717, 1.165) is 31.6 Å². The second-order valence-electron chi connectivity index (χ2n) is 5.80. The van der Waals surface area contributed by atoms with Crippen LogP contribution in [0.15, 0.2) is 4.52 Å². The van der Waals surface area contributed by atoms with Crippen LogP contribution in [0.3, 0.4) is 0 Å². The van der Waals surface area contributed by atoms with Gasteiger partial charge in [0.25, 0.3) is 0 Å². The Balaban J connectivity index is 2.16. The molecule has 0 saturated heterocycles. The number of hydrogen-bond donors (Lipinski definition) is 1. The van der Waals surface area contributed by atoms with Crippen LogP contribution in [-0.4, -0.2) is 22.8 Å². The normalized spacial score (nSPS) is 29.4. The Labute approximate surface area is 114 Å². The van der Waals surface area contributed by atoms with Crippen molar-refractivity contribution in [3.8, 4) is 0 Å². The summed E-state index contributed by atoms with van der Waals surface area (Å²) in [6.07, 6.45) is 4.86. The summed E-state index contributed by atoms with van der Waals surface area (Å²) < 4.78 is 11.3. The zero-order chi connectivity index (χ0) is 13.9. The highest BCUT2D eigenvalue weighted by Gasteiger charge is 2.40. The summed E-state index contributed by atoms with van der Waals surface area (Å²) in [5.74, 6) is 2.07. The van der Waals surface area contributed by atoms with Crippen molar-refractivity contribution >= 4 is 0 Å². The Morgan fingerprint density at radius 1 is 1.47 bits per heavy atom. The molecule has 2 rings (SSSR count). The van der Waals surface area contributed by atoms with Crippen LogP contribution in [0.4, 0.5) is 0 Å². The third-order valence-corrected chi connectivity index (χ3v) is 3.87. The van der Waals surface area contributed by atoms with E-state index in [0.29, 0.717) is 24.7 Å². The highest BCUT2D eigenvalue weighted by atomic mass is 16.5. The van der Waals surface area contributed by atoms with Crippen molar-refractivity contribution in [2.75, 3.05) is 6.61 Å². The SMILES string of the molecule is CCOC1(c2noc(CC(C)N)n2)CCC(C)CC1. The zero-order valence-electron chi connectivity index (χ0n) is 12.2. The minimum Gasteiger partial charge on any atom is -0.367 e. The lowest BCUT2D eigenvalue weighted by Crippen LogP contribution is -2.35. The van der Waals surface area contributed by atoms with Crippen LogP contribution in [0.2, 0.25) is 0 Å². The molecule has 1 heterocycles. The Morgan fingerprint density at radius 2 is 2.16 bits per heavy atom. The van der Waals surface area contributed by atoms with Crippen molar-refractivity contribution in [2.24, 2.45) is 11.7 Å². The first-order valence-corrected chi connectivity index (χ1v) is 7.28. The van der Waals surface area contributed by atoms with Gasteiger partial charge in [-0.15, -0.1) is 0 Å². The van der Waals surface area contributed by atoms with Crippen molar-refractivity contribution in [1.29, 1.82) is 0 Å². The van der Waals surface area contributed by atoms with Crippen LogP contribution >= 0.6 is 0 Å². The molecular formula is C14H25N3O2. The Kier molecular flexibility index (Phi) is 4.58. The lowest BCUT2D eigenvalue weighted by molar-refractivity contribution is -0.0847. The predicted molar refractivity (Wildman–Crippen MR) is 72.6 cm³/mol. The van der Waals surface area contributed by atoms with Gasteiger partial charge < -0.3 is 15.0 Å². The fourth-order valence-electron chi connectivity index (χ4n) is 2.74. The molecule has 0 amide bonds. The van der Waals surface area contributed by atoms with E-state index in [-0.39, 0.29) is 11.6 Å². The first kappa shape index (κ1) is 14.5. The van der Waals surface area contributed by atoms with Crippen LogP contribution in [0.1, 0.15) is 58.2 Å². The summed E-state index contributed by atoms with van der Waals surface area (Å²) in [4.78, 5) is 4.51. The smallest absolute Gasteiger partial charge is 0.228 e. The molecule has 1 aliphatic rings. The lowest BCUT2D eigenvalue weighted by Gasteiger charge is -2.36. The van der Waals surface area contributed by atoms with Crippen molar-refractivity contribution in [3.05, 3.63) is 11.7 Å². The van der Waals surface area contributed by atoms with Crippen molar-refractivity contribution in [2.45, 2.75) is 64.5 Å². The topological polar surface area (TPSA) is 74.2 Å². The maximum atomic E-state index is 6.01. The number of ether oxygens (including phenoxy) is 1. The van der Waals surface area contributed by atoms with Crippen molar-refractivity contribution in [3.63, 3.8) is 0 Å². The summed E-state index contributed by atoms with van der Waals surface area (Å²) in [6.45, 7) is 6.91. The predicted octanol–water partition coefficient (Wildman–Crippen LogP) is 2.40. The van der Waals surface area contributed by atoms with E-state index in [1.165, 1.54) is 0 Å². The van der Waals surface area contributed by atoms with Crippen LogP contribution in [0.25, 0.3) is 0 Å². The number of rotatable bonds is 5. The largest absolute Gasteiger partial charge is 0.367 e. The van der Waals surface area contributed by atoms with Gasteiger partial charge >= 0.3 is 0 Å². The first-order valence-electron chi connectivity index (χ1n) is 7.28. The molecule has 1 aliphatic carbocycles.